The van der Waals surface area contributed by atoms with E-state index >= 15 is 0 Å². The van der Waals surface area contributed by atoms with Gasteiger partial charge in [-0.25, -0.2) is 4.98 Å². The summed E-state index contributed by atoms with van der Waals surface area (Å²) in [5.74, 6) is 0.0165. The van der Waals surface area contributed by atoms with Crippen LogP contribution < -0.4 is 0 Å². The molecule has 0 bridgehead atoms. The van der Waals surface area contributed by atoms with Crippen LogP contribution >= 0.6 is 11.3 Å². The molecule has 0 aromatic carbocycles. The number of aromatic nitrogens is 2. The molecule has 0 radical (unpaired) electrons. The third kappa shape index (κ3) is 2.05. The standard InChI is InChI=1S/C15H17N3O2S/c19-10-3-7-18(15(8-10)4-1-5-15)14(20)13-17-11-9-16-6-2-12(11)21-13/h2,6,9-10,19H,1,3-5,7-8H2. The highest BCUT2D eigenvalue weighted by Gasteiger charge is 2.48. The van der Waals surface area contributed by atoms with Crippen LogP contribution in [0.3, 0.4) is 0 Å². The highest BCUT2D eigenvalue weighted by atomic mass is 32.1. The van der Waals surface area contributed by atoms with E-state index in [2.05, 4.69) is 9.97 Å². The van der Waals surface area contributed by atoms with Gasteiger partial charge in [0.2, 0.25) is 0 Å². The number of aliphatic hydroxyl groups is 1. The van der Waals surface area contributed by atoms with Crippen LogP contribution in [0.4, 0.5) is 0 Å². The minimum Gasteiger partial charge on any atom is -0.393 e. The van der Waals surface area contributed by atoms with E-state index in [4.69, 9.17) is 0 Å². The Hall–Kier alpha value is -1.53. The molecule has 3 heterocycles. The smallest absolute Gasteiger partial charge is 0.283 e. The highest BCUT2D eigenvalue weighted by molar-refractivity contribution is 7.20. The highest BCUT2D eigenvalue weighted by Crippen LogP contribution is 2.45. The second-order valence-electron chi connectivity index (χ2n) is 6.04. The molecule has 1 saturated carbocycles. The molecular weight excluding hydrogens is 286 g/mol. The van der Waals surface area contributed by atoms with Crippen LogP contribution in [0, 0.1) is 0 Å². The first-order valence-corrected chi connectivity index (χ1v) is 8.20. The summed E-state index contributed by atoms with van der Waals surface area (Å²) in [6.07, 6.45) is 7.67. The number of fused-ring (bicyclic) bond motifs is 1. The summed E-state index contributed by atoms with van der Waals surface area (Å²) in [6.45, 7) is 0.633. The van der Waals surface area contributed by atoms with Crippen molar-refractivity contribution in [3.05, 3.63) is 23.5 Å². The largest absolute Gasteiger partial charge is 0.393 e. The van der Waals surface area contributed by atoms with Crippen molar-refractivity contribution in [1.29, 1.82) is 0 Å². The Kier molecular flexibility index (Phi) is 2.97. The summed E-state index contributed by atoms with van der Waals surface area (Å²) in [4.78, 5) is 23.3. The van der Waals surface area contributed by atoms with Gasteiger partial charge >= 0.3 is 0 Å². The number of likely N-dealkylation sites (tertiary alicyclic amines) is 1. The topological polar surface area (TPSA) is 66.3 Å². The van der Waals surface area contributed by atoms with Crippen molar-refractivity contribution in [3.63, 3.8) is 0 Å². The molecule has 2 aliphatic rings. The fraction of sp³-hybridized carbons (Fsp3) is 0.533. The van der Waals surface area contributed by atoms with E-state index in [0.29, 0.717) is 24.4 Å². The first kappa shape index (κ1) is 13.2. The lowest BCUT2D eigenvalue weighted by Gasteiger charge is -2.54. The van der Waals surface area contributed by atoms with Gasteiger partial charge in [0.05, 0.1) is 17.0 Å². The summed E-state index contributed by atoms with van der Waals surface area (Å²) in [5.41, 5.74) is 0.663. The number of hydrogen-bond acceptors (Lipinski definition) is 5. The summed E-state index contributed by atoms with van der Waals surface area (Å²) in [5, 5.41) is 10.5. The third-order valence-corrected chi connectivity index (χ3v) is 5.80. The normalized spacial score (nSPS) is 24.2. The predicted octanol–water partition coefficient (Wildman–Crippen LogP) is 2.21. The zero-order valence-corrected chi connectivity index (χ0v) is 12.5. The maximum atomic E-state index is 12.9. The van der Waals surface area contributed by atoms with Crippen molar-refractivity contribution < 1.29 is 9.90 Å². The molecule has 2 aromatic rings. The summed E-state index contributed by atoms with van der Waals surface area (Å²) in [6, 6.07) is 1.89. The van der Waals surface area contributed by atoms with Crippen molar-refractivity contribution in [2.45, 2.75) is 43.7 Å². The molecule has 2 fully saturated rings. The molecule has 6 heteroatoms. The molecule has 1 unspecified atom stereocenters. The molecule has 1 amide bonds. The summed E-state index contributed by atoms with van der Waals surface area (Å²) < 4.78 is 0.994. The number of aliphatic hydroxyl groups excluding tert-OH is 1. The molecule has 1 saturated heterocycles. The SMILES string of the molecule is O=C(c1nc2cnccc2s1)N1CCC(O)CC12CCC2. The number of rotatable bonds is 1. The minimum absolute atomic E-state index is 0.0165. The van der Waals surface area contributed by atoms with Gasteiger partial charge < -0.3 is 10.0 Å². The molecule has 1 N–H and O–H groups in total. The monoisotopic (exact) mass is 303 g/mol. The number of thiazole rings is 1. The lowest BCUT2D eigenvalue weighted by Crippen LogP contribution is -2.61. The Morgan fingerprint density at radius 2 is 2.33 bits per heavy atom. The minimum atomic E-state index is -0.270. The maximum Gasteiger partial charge on any atom is 0.283 e. The Labute approximate surface area is 126 Å². The molecule has 1 atom stereocenters. The van der Waals surface area contributed by atoms with Crippen molar-refractivity contribution in [2.24, 2.45) is 0 Å². The van der Waals surface area contributed by atoms with Gasteiger partial charge in [-0.3, -0.25) is 9.78 Å². The maximum absolute atomic E-state index is 12.9. The van der Waals surface area contributed by atoms with Gasteiger partial charge in [-0.15, -0.1) is 11.3 Å². The Morgan fingerprint density at radius 3 is 3.05 bits per heavy atom. The van der Waals surface area contributed by atoms with E-state index in [1.54, 1.807) is 12.4 Å². The molecule has 4 rings (SSSR count). The Morgan fingerprint density at radius 1 is 1.48 bits per heavy atom. The zero-order chi connectivity index (χ0) is 14.4. The second-order valence-corrected chi connectivity index (χ2v) is 7.07. The number of amides is 1. The average molecular weight is 303 g/mol. The molecule has 5 nitrogen and oxygen atoms in total. The first-order valence-electron chi connectivity index (χ1n) is 7.39. The Balaban J connectivity index is 1.67. The van der Waals surface area contributed by atoms with Crippen molar-refractivity contribution in [1.82, 2.24) is 14.9 Å². The van der Waals surface area contributed by atoms with Crippen LogP contribution in [0.1, 0.15) is 41.9 Å². The predicted molar refractivity (Wildman–Crippen MR) is 80.3 cm³/mol. The molecule has 110 valence electrons. The molecule has 1 spiro atoms. The van der Waals surface area contributed by atoms with Crippen LogP contribution in [-0.4, -0.2) is 44.1 Å². The fourth-order valence-electron chi connectivity index (χ4n) is 3.53. The summed E-state index contributed by atoms with van der Waals surface area (Å²) >= 11 is 1.43. The van der Waals surface area contributed by atoms with Crippen LogP contribution in [0.25, 0.3) is 10.2 Å². The molecular formula is C15H17N3O2S. The van der Waals surface area contributed by atoms with Gasteiger partial charge in [-0.2, -0.15) is 0 Å². The van der Waals surface area contributed by atoms with Crippen LogP contribution in [-0.2, 0) is 0 Å². The van der Waals surface area contributed by atoms with E-state index in [0.717, 1.165) is 29.5 Å². The van der Waals surface area contributed by atoms with Crippen LogP contribution in [0.15, 0.2) is 18.5 Å². The number of nitrogens with zero attached hydrogens (tertiary/aromatic N) is 3. The van der Waals surface area contributed by atoms with Crippen LogP contribution in [0.5, 0.6) is 0 Å². The second kappa shape index (κ2) is 4.74. The number of pyridine rings is 1. The van der Waals surface area contributed by atoms with Gasteiger partial charge in [-0.1, -0.05) is 0 Å². The lowest BCUT2D eigenvalue weighted by atomic mass is 9.69. The molecule has 1 aliphatic carbocycles. The Bertz CT molecular complexity index is 662. The van der Waals surface area contributed by atoms with Gasteiger partial charge in [0.25, 0.3) is 5.91 Å². The average Bonchev–Trinajstić information content (AvgIpc) is 2.88. The van der Waals surface area contributed by atoms with Gasteiger partial charge in [0.1, 0.15) is 5.52 Å². The van der Waals surface area contributed by atoms with E-state index in [1.165, 1.54) is 11.3 Å². The fourth-order valence-corrected chi connectivity index (χ4v) is 4.41. The molecule has 21 heavy (non-hydrogen) atoms. The molecule has 1 aliphatic heterocycles. The summed E-state index contributed by atoms with van der Waals surface area (Å²) in [7, 11) is 0. The molecule has 2 aromatic heterocycles. The van der Waals surface area contributed by atoms with Gasteiger partial charge in [0, 0.05) is 18.3 Å². The zero-order valence-electron chi connectivity index (χ0n) is 11.7. The number of carbonyl (C=O) groups is 1. The van der Waals surface area contributed by atoms with Crippen molar-refractivity contribution in [3.8, 4) is 0 Å². The van der Waals surface area contributed by atoms with E-state index in [-0.39, 0.29) is 17.6 Å². The quantitative estimate of drug-likeness (QED) is 0.877. The van der Waals surface area contributed by atoms with Gasteiger partial charge in [-0.05, 0) is 38.2 Å². The van der Waals surface area contributed by atoms with Crippen molar-refractivity contribution >= 4 is 27.5 Å². The van der Waals surface area contributed by atoms with Gasteiger partial charge in [0.15, 0.2) is 5.01 Å². The number of carbonyl (C=O) groups excluding carboxylic acids is 1. The van der Waals surface area contributed by atoms with E-state index < -0.39 is 0 Å². The third-order valence-electron chi connectivity index (χ3n) is 4.78. The first-order chi connectivity index (χ1) is 10.2. The lowest BCUT2D eigenvalue weighted by molar-refractivity contribution is -0.0484. The van der Waals surface area contributed by atoms with E-state index in [1.807, 2.05) is 11.0 Å². The number of hydrogen-bond donors (Lipinski definition) is 1. The van der Waals surface area contributed by atoms with E-state index in [9.17, 15) is 9.90 Å². The van der Waals surface area contributed by atoms with Crippen LogP contribution in [0.2, 0.25) is 0 Å². The number of piperidine rings is 1. The van der Waals surface area contributed by atoms with Crippen molar-refractivity contribution in [2.75, 3.05) is 6.54 Å².